The Kier molecular flexibility index (Phi) is 5.74. The van der Waals surface area contributed by atoms with Gasteiger partial charge in [0.25, 0.3) is 0 Å². The summed E-state index contributed by atoms with van der Waals surface area (Å²) in [6.45, 7) is 6.40. The third-order valence-electron chi connectivity index (χ3n) is 5.18. The Balaban J connectivity index is 1.60. The number of rotatable bonds is 4. The summed E-state index contributed by atoms with van der Waals surface area (Å²) in [6.07, 6.45) is 0. The summed E-state index contributed by atoms with van der Waals surface area (Å²) in [5.41, 5.74) is 3.21. The Morgan fingerprint density at radius 1 is 0.889 bits per heavy atom. The summed E-state index contributed by atoms with van der Waals surface area (Å²) in [4.78, 5) is 20.3. The van der Waals surface area contributed by atoms with Crippen molar-refractivity contribution in [3.63, 3.8) is 0 Å². The fourth-order valence-corrected chi connectivity index (χ4v) is 3.28. The molecule has 0 spiro atoms. The minimum Gasteiger partial charge on any atom is -0.508 e. The van der Waals surface area contributed by atoms with Crippen molar-refractivity contribution in [3.8, 4) is 5.75 Å². The van der Waals surface area contributed by atoms with Gasteiger partial charge >= 0.3 is 6.03 Å². The number of hydrogen-bond acceptors (Lipinski definition) is 4. The zero-order chi connectivity index (χ0) is 19.4. The second-order valence-electron chi connectivity index (χ2n) is 6.86. The van der Waals surface area contributed by atoms with Gasteiger partial charge in [0.15, 0.2) is 0 Å². The van der Waals surface area contributed by atoms with Crippen LogP contribution in [0.15, 0.2) is 48.5 Å². The molecule has 0 saturated carbocycles. The third-order valence-corrected chi connectivity index (χ3v) is 5.18. The topological polar surface area (TPSA) is 50.3 Å². The number of aromatic hydroxyl groups is 1. The average Bonchev–Trinajstić information content (AvgIpc) is 2.73. The second kappa shape index (κ2) is 8.20. The molecule has 0 atom stereocenters. The highest BCUT2D eigenvalue weighted by molar-refractivity contribution is 5.91. The summed E-state index contributed by atoms with van der Waals surface area (Å²) < 4.78 is 0. The van der Waals surface area contributed by atoms with Gasteiger partial charge in [-0.2, -0.15) is 0 Å². The molecule has 1 aliphatic rings. The van der Waals surface area contributed by atoms with E-state index in [1.54, 1.807) is 36.0 Å². The highest BCUT2D eigenvalue weighted by atomic mass is 16.3. The SMILES string of the molecule is CCN(C)C(=O)N(C)c1ccc(N2CCN(c3ccc(O)cc3)CC2)cc1. The molecule has 0 radical (unpaired) electrons. The van der Waals surface area contributed by atoms with Crippen LogP contribution in [-0.2, 0) is 0 Å². The van der Waals surface area contributed by atoms with E-state index < -0.39 is 0 Å². The van der Waals surface area contributed by atoms with Crippen molar-refractivity contribution in [2.45, 2.75) is 6.92 Å². The predicted molar refractivity (Wildman–Crippen MR) is 111 cm³/mol. The Morgan fingerprint density at radius 3 is 1.78 bits per heavy atom. The van der Waals surface area contributed by atoms with Crippen LogP contribution in [0.25, 0.3) is 0 Å². The van der Waals surface area contributed by atoms with Gasteiger partial charge in [-0.1, -0.05) is 0 Å². The van der Waals surface area contributed by atoms with E-state index in [1.807, 2.05) is 31.2 Å². The lowest BCUT2D eigenvalue weighted by Crippen LogP contribution is -2.46. The molecule has 2 aromatic carbocycles. The van der Waals surface area contributed by atoms with Crippen molar-refractivity contribution in [1.29, 1.82) is 0 Å². The Hall–Kier alpha value is -2.89. The number of anilines is 3. The smallest absolute Gasteiger partial charge is 0.323 e. The van der Waals surface area contributed by atoms with Gasteiger partial charge < -0.3 is 19.8 Å². The van der Waals surface area contributed by atoms with Crippen LogP contribution in [0.3, 0.4) is 0 Å². The van der Waals surface area contributed by atoms with Gasteiger partial charge in [-0.25, -0.2) is 4.79 Å². The van der Waals surface area contributed by atoms with Crippen LogP contribution in [0.2, 0.25) is 0 Å². The number of phenolic OH excluding ortho intramolecular Hbond substituents is 1. The van der Waals surface area contributed by atoms with Gasteiger partial charge in [-0.05, 0) is 55.5 Å². The summed E-state index contributed by atoms with van der Waals surface area (Å²) in [5, 5.41) is 9.43. The van der Waals surface area contributed by atoms with Crippen molar-refractivity contribution in [1.82, 2.24) is 4.90 Å². The van der Waals surface area contributed by atoms with E-state index >= 15 is 0 Å². The molecule has 6 heteroatoms. The second-order valence-corrected chi connectivity index (χ2v) is 6.86. The van der Waals surface area contributed by atoms with Gasteiger partial charge in [-0.3, -0.25) is 4.90 Å². The van der Waals surface area contributed by atoms with Crippen LogP contribution in [0.4, 0.5) is 21.9 Å². The fraction of sp³-hybridized carbons (Fsp3) is 0.381. The van der Waals surface area contributed by atoms with Gasteiger partial charge in [0, 0.05) is 63.9 Å². The van der Waals surface area contributed by atoms with Crippen molar-refractivity contribution >= 4 is 23.1 Å². The maximum Gasteiger partial charge on any atom is 0.323 e. The third kappa shape index (κ3) is 4.27. The summed E-state index contributed by atoms with van der Waals surface area (Å²) in [5.74, 6) is 0.297. The number of benzene rings is 2. The Morgan fingerprint density at radius 2 is 1.33 bits per heavy atom. The molecule has 2 amide bonds. The first-order chi connectivity index (χ1) is 13.0. The highest BCUT2D eigenvalue weighted by Crippen LogP contribution is 2.24. The van der Waals surface area contributed by atoms with E-state index in [9.17, 15) is 9.90 Å². The molecule has 6 nitrogen and oxygen atoms in total. The largest absolute Gasteiger partial charge is 0.508 e. The van der Waals surface area contributed by atoms with Gasteiger partial charge in [-0.15, -0.1) is 0 Å². The van der Waals surface area contributed by atoms with Crippen LogP contribution >= 0.6 is 0 Å². The lowest BCUT2D eigenvalue weighted by atomic mass is 10.2. The first kappa shape index (κ1) is 18.9. The molecule has 27 heavy (non-hydrogen) atoms. The van der Waals surface area contributed by atoms with E-state index in [2.05, 4.69) is 21.9 Å². The molecule has 1 fully saturated rings. The van der Waals surface area contributed by atoms with Crippen molar-refractivity contribution in [2.75, 3.05) is 61.5 Å². The lowest BCUT2D eigenvalue weighted by Gasteiger charge is -2.37. The zero-order valence-corrected chi connectivity index (χ0v) is 16.3. The Bertz CT molecular complexity index is 753. The van der Waals surface area contributed by atoms with Crippen molar-refractivity contribution in [3.05, 3.63) is 48.5 Å². The van der Waals surface area contributed by atoms with E-state index in [-0.39, 0.29) is 6.03 Å². The minimum absolute atomic E-state index is 0.00670. The molecule has 0 bridgehead atoms. The quantitative estimate of drug-likeness (QED) is 0.900. The molecule has 0 unspecified atom stereocenters. The molecule has 1 aliphatic heterocycles. The van der Waals surface area contributed by atoms with Gasteiger partial charge in [0.1, 0.15) is 5.75 Å². The molecule has 0 aliphatic carbocycles. The number of carbonyl (C=O) groups excluding carboxylic acids is 1. The molecule has 144 valence electrons. The maximum atomic E-state index is 12.3. The standard InChI is InChI=1S/C21H28N4O2/c1-4-22(2)21(27)23(3)17-5-7-18(8-6-17)24-13-15-25(16-14-24)19-9-11-20(26)12-10-19/h5-12,26H,4,13-16H2,1-3H3. The van der Waals surface area contributed by atoms with Crippen LogP contribution in [-0.4, -0.2) is 62.9 Å². The van der Waals surface area contributed by atoms with E-state index in [1.165, 1.54) is 5.69 Å². The van der Waals surface area contributed by atoms with Crippen molar-refractivity contribution < 1.29 is 9.90 Å². The van der Waals surface area contributed by atoms with Crippen LogP contribution in [0, 0.1) is 0 Å². The number of amides is 2. The highest BCUT2D eigenvalue weighted by Gasteiger charge is 2.19. The van der Waals surface area contributed by atoms with Crippen LogP contribution in [0.5, 0.6) is 5.75 Å². The molecular formula is C21H28N4O2. The molecule has 1 N–H and O–H groups in total. The summed E-state index contributed by atoms with van der Waals surface area (Å²) >= 11 is 0. The molecule has 0 aromatic heterocycles. The first-order valence-corrected chi connectivity index (χ1v) is 9.37. The van der Waals surface area contributed by atoms with E-state index in [0.29, 0.717) is 12.3 Å². The summed E-state index contributed by atoms with van der Waals surface area (Å²) in [6, 6.07) is 15.5. The number of piperazine rings is 1. The fourth-order valence-electron chi connectivity index (χ4n) is 3.28. The normalized spacial score (nSPS) is 14.2. The zero-order valence-electron chi connectivity index (χ0n) is 16.3. The van der Waals surface area contributed by atoms with Gasteiger partial charge in [0.05, 0.1) is 0 Å². The number of nitrogens with zero attached hydrogens (tertiary/aromatic N) is 4. The molecule has 1 heterocycles. The number of phenols is 1. The number of hydrogen-bond donors (Lipinski definition) is 1. The van der Waals surface area contributed by atoms with Crippen LogP contribution in [0.1, 0.15) is 6.92 Å². The first-order valence-electron chi connectivity index (χ1n) is 9.37. The average molecular weight is 368 g/mol. The molecule has 3 rings (SSSR count). The molecule has 1 saturated heterocycles. The number of urea groups is 1. The predicted octanol–water partition coefficient (Wildman–Crippen LogP) is 3.23. The Labute approximate surface area is 161 Å². The van der Waals surface area contributed by atoms with Crippen molar-refractivity contribution in [2.24, 2.45) is 0 Å². The summed E-state index contributed by atoms with van der Waals surface area (Å²) in [7, 11) is 3.61. The maximum absolute atomic E-state index is 12.3. The molecule has 2 aromatic rings. The molecular weight excluding hydrogens is 340 g/mol. The van der Waals surface area contributed by atoms with Crippen LogP contribution < -0.4 is 14.7 Å². The van der Waals surface area contributed by atoms with E-state index in [0.717, 1.165) is 37.6 Å². The van der Waals surface area contributed by atoms with E-state index in [4.69, 9.17) is 0 Å². The lowest BCUT2D eigenvalue weighted by molar-refractivity contribution is 0.219. The van der Waals surface area contributed by atoms with Gasteiger partial charge in [0.2, 0.25) is 0 Å². The number of carbonyl (C=O) groups is 1. The monoisotopic (exact) mass is 368 g/mol. The minimum atomic E-state index is -0.00670.